The van der Waals surface area contributed by atoms with Gasteiger partial charge in [0.25, 0.3) is 5.91 Å². The van der Waals surface area contributed by atoms with E-state index in [1.807, 2.05) is 138 Å². The topological polar surface area (TPSA) is 196 Å². The molecule has 2 aliphatic rings. The molecule has 0 aliphatic carbocycles. The Kier molecular flexibility index (Phi) is 16.4. The minimum atomic E-state index is -1.27. The SMILES string of the molecule is C=c1ccc2c(c1)Oc1cc(N(C)C)ccc1C=2c1ccc(C(=O)N[C@@H](CCc2ccccc2)C(=O)NC(CC(C)C)C(=O)N[C@@H](Cc2ccccc2)C(=O)NC(CC(C)C)C(=O)C2(C)CO2)cc1C(=O)O. The number of anilines is 1. The zero-order valence-corrected chi connectivity index (χ0v) is 42.0. The highest BCUT2D eigenvalue weighted by molar-refractivity contribution is 6.04. The number of ether oxygens (including phenoxy) is 2. The quantitative estimate of drug-likeness (QED) is 0.0497. The second-order valence-corrected chi connectivity index (χ2v) is 20.0. The van der Waals surface area contributed by atoms with E-state index in [9.17, 15) is 33.9 Å². The number of carboxylic acids is 1. The van der Waals surface area contributed by atoms with Crippen LogP contribution in [0.2, 0.25) is 0 Å². The summed E-state index contributed by atoms with van der Waals surface area (Å²) >= 11 is 0. The summed E-state index contributed by atoms with van der Waals surface area (Å²) in [6.07, 6.45) is 1.16. The van der Waals surface area contributed by atoms with E-state index >= 15 is 0 Å². The molecule has 3 unspecified atom stereocenters. The maximum Gasteiger partial charge on any atom is 0.336 e. The molecule has 0 saturated carbocycles. The van der Waals surface area contributed by atoms with Crippen LogP contribution in [0.15, 0.2) is 115 Å². The van der Waals surface area contributed by atoms with Gasteiger partial charge in [-0.2, -0.15) is 0 Å². The van der Waals surface area contributed by atoms with E-state index < -0.39 is 59.4 Å². The van der Waals surface area contributed by atoms with Crippen LogP contribution in [0.1, 0.15) is 96.9 Å². The Balaban J connectivity index is 1.17. The number of benzene rings is 5. The lowest BCUT2D eigenvalue weighted by Gasteiger charge is -2.28. The second kappa shape index (κ2) is 22.7. The molecule has 0 aromatic heterocycles. The predicted molar refractivity (Wildman–Crippen MR) is 277 cm³/mol. The normalized spacial score (nSPS) is 16.2. The molecule has 0 bridgehead atoms. The number of rotatable bonds is 22. The van der Waals surface area contributed by atoms with Crippen molar-refractivity contribution >= 4 is 53.2 Å². The maximum atomic E-state index is 14.6. The number of aryl methyl sites for hydroxylation is 1. The first-order valence-corrected chi connectivity index (χ1v) is 24.5. The van der Waals surface area contributed by atoms with Gasteiger partial charge in [-0.05, 0) is 96.7 Å². The first-order valence-electron chi connectivity index (χ1n) is 24.5. The summed E-state index contributed by atoms with van der Waals surface area (Å²) in [6, 6.07) is 29.8. The molecule has 1 saturated heterocycles. The fourth-order valence-corrected chi connectivity index (χ4v) is 8.94. The van der Waals surface area contributed by atoms with Crippen LogP contribution >= 0.6 is 0 Å². The third kappa shape index (κ3) is 12.8. The lowest BCUT2D eigenvalue weighted by Crippen LogP contribution is -2.59. The lowest BCUT2D eigenvalue weighted by atomic mass is 9.88. The second-order valence-electron chi connectivity index (χ2n) is 20.0. The molecular weight excluding hydrogens is 911 g/mol. The highest BCUT2D eigenvalue weighted by Gasteiger charge is 2.50. The van der Waals surface area contributed by atoms with Gasteiger partial charge in [0.1, 0.15) is 35.2 Å². The number of carbonyl (C=O) groups excluding carboxylic acids is 5. The van der Waals surface area contributed by atoms with Crippen LogP contribution in [0.5, 0.6) is 11.5 Å². The van der Waals surface area contributed by atoms with Gasteiger partial charge in [-0.1, -0.05) is 113 Å². The van der Waals surface area contributed by atoms with Gasteiger partial charge >= 0.3 is 5.97 Å². The average molecular weight is 976 g/mol. The van der Waals surface area contributed by atoms with Crippen LogP contribution in [0.3, 0.4) is 0 Å². The van der Waals surface area contributed by atoms with E-state index in [0.29, 0.717) is 51.5 Å². The number of nitrogens with zero attached hydrogens (tertiary/aromatic N) is 1. The molecule has 2 aliphatic heterocycles. The van der Waals surface area contributed by atoms with E-state index in [0.717, 1.165) is 16.8 Å². The number of carboxylic acid groups (broad SMARTS) is 1. The molecule has 376 valence electrons. The summed E-state index contributed by atoms with van der Waals surface area (Å²) < 4.78 is 11.8. The number of carbonyl (C=O) groups is 6. The van der Waals surface area contributed by atoms with Gasteiger partial charge in [0.15, 0.2) is 5.78 Å². The summed E-state index contributed by atoms with van der Waals surface area (Å²) in [5, 5.41) is 23.7. The van der Waals surface area contributed by atoms with E-state index in [4.69, 9.17) is 9.47 Å². The molecule has 14 heteroatoms. The number of nitrogens with one attached hydrogen (secondary N) is 4. The Bertz CT molecular complexity index is 2950. The van der Waals surface area contributed by atoms with Gasteiger partial charge in [-0.25, -0.2) is 4.79 Å². The number of Topliss-reactive ketones (excluding diaryl/α,β-unsaturated/α-hetero) is 1. The van der Waals surface area contributed by atoms with Crippen LogP contribution < -0.4 is 41.3 Å². The zero-order valence-electron chi connectivity index (χ0n) is 42.0. The molecule has 4 amide bonds. The number of amides is 4. The molecule has 14 nitrogen and oxygen atoms in total. The summed E-state index contributed by atoms with van der Waals surface area (Å²) in [4.78, 5) is 86.2. The van der Waals surface area contributed by atoms with Crippen molar-refractivity contribution in [3.8, 4) is 11.5 Å². The molecule has 5 aromatic rings. The first kappa shape index (κ1) is 52.2. The average Bonchev–Trinajstić information content (AvgIpc) is 4.11. The third-order valence-electron chi connectivity index (χ3n) is 12.9. The van der Waals surface area contributed by atoms with Crippen molar-refractivity contribution in [1.29, 1.82) is 0 Å². The number of hydrogen-bond donors (Lipinski definition) is 5. The van der Waals surface area contributed by atoms with Gasteiger partial charge < -0.3 is 40.7 Å². The molecule has 7 rings (SSSR count). The van der Waals surface area contributed by atoms with E-state index in [1.165, 1.54) is 12.1 Å². The molecule has 2 heterocycles. The van der Waals surface area contributed by atoms with Crippen LogP contribution in [0.25, 0.3) is 12.2 Å². The number of epoxide rings is 1. The maximum absolute atomic E-state index is 14.6. The lowest BCUT2D eigenvalue weighted by molar-refractivity contribution is -0.134. The van der Waals surface area contributed by atoms with Crippen LogP contribution in [0.4, 0.5) is 5.69 Å². The Morgan fingerprint density at radius 3 is 1.88 bits per heavy atom. The van der Waals surface area contributed by atoms with Crippen molar-refractivity contribution in [2.75, 3.05) is 25.6 Å². The molecule has 5 atom stereocenters. The largest absolute Gasteiger partial charge is 0.478 e. The van der Waals surface area contributed by atoms with Crippen LogP contribution in [-0.4, -0.2) is 91.0 Å². The summed E-state index contributed by atoms with van der Waals surface area (Å²) in [5.41, 5.74) is 3.04. The Labute approximate surface area is 420 Å². The Hall–Kier alpha value is -7.58. The minimum absolute atomic E-state index is 0.000522. The third-order valence-corrected chi connectivity index (χ3v) is 12.9. The van der Waals surface area contributed by atoms with Crippen LogP contribution in [-0.2, 0) is 36.8 Å². The molecule has 0 radical (unpaired) electrons. The van der Waals surface area contributed by atoms with Gasteiger partial charge in [0, 0.05) is 54.2 Å². The van der Waals surface area contributed by atoms with Crippen LogP contribution in [0, 0.1) is 11.8 Å². The Morgan fingerprint density at radius 2 is 1.25 bits per heavy atom. The standard InChI is InChI=1S/C58H65N5O9/c1-34(2)27-46(52(64)58(6)33-71-58)60-56(68)48(30-38-17-13-10-14-18-38)62-55(67)47(28-35(3)4)61-54(66)45(26-20-37-15-11-9-12-16-37)59-53(65)39-21-24-41(44(31-39)57(69)70)51-42-23-19-36(5)29-49(42)72-50-32-40(63(7)8)22-25-43(50)51/h9-19,21-25,29,31-32,34-35,45-48H,5,20,26-28,30,33H2,1-4,6-8H3,(H,59,65)(H,60,68)(H,61,66)(H,62,67)(H,69,70)/t45-,46?,47?,48-,58?/m0/s1. The molecule has 0 spiro atoms. The zero-order chi connectivity index (χ0) is 51.9. The summed E-state index contributed by atoms with van der Waals surface area (Å²) in [6.45, 7) is 13.7. The molecule has 5 aromatic carbocycles. The van der Waals surface area contributed by atoms with Gasteiger partial charge in [0.05, 0.1) is 18.2 Å². The van der Waals surface area contributed by atoms with Crippen molar-refractivity contribution in [2.45, 2.75) is 96.5 Å². The predicted octanol–water partition coefficient (Wildman–Crippen LogP) is 6.09. The molecule has 72 heavy (non-hydrogen) atoms. The van der Waals surface area contributed by atoms with Crippen molar-refractivity contribution in [3.05, 3.63) is 159 Å². The fourth-order valence-electron chi connectivity index (χ4n) is 8.94. The highest BCUT2D eigenvalue weighted by atomic mass is 16.6. The minimum Gasteiger partial charge on any atom is -0.478 e. The number of hydrogen-bond acceptors (Lipinski definition) is 9. The summed E-state index contributed by atoms with van der Waals surface area (Å²) in [7, 11) is 3.82. The monoisotopic (exact) mass is 975 g/mol. The van der Waals surface area contributed by atoms with Gasteiger partial charge in [0.2, 0.25) is 17.7 Å². The van der Waals surface area contributed by atoms with E-state index in [-0.39, 0.29) is 54.6 Å². The van der Waals surface area contributed by atoms with E-state index in [1.54, 1.807) is 19.1 Å². The van der Waals surface area contributed by atoms with Crippen molar-refractivity contribution in [1.82, 2.24) is 21.3 Å². The van der Waals surface area contributed by atoms with E-state index in [2.05, 4.69) is 27.8 Å². The molecular formula is C58H65N5O9. The Morgan fingerprint density at radius 1 is 0.667 bits per heavy atom. The van der Waals surface area contributed by atoms with Gasteiger partial charge in [-0.3, -0.25) is 24.0 Å². The first-order chi connectivity index (χ1) is 34.3. The van der Waals surface area contributed by atoms with Crippen molar-refractivity contribution < 1.29 is 43.3 Å². The molecule has 5 N–H and O–H groups in total. The summed E-state index contributed by atoms with van der Waals surface area (Å²) in [5.74, 6) is -3.02. The number of fused-ring (bicyclic) bond motifs is 2. The number of ketones is 1. The van der Waals surface area contributed by atoms with Crippen molar-refractivity contribution in [3.63, 3.8) is 0 Å². The number of aromatic carboxylic acids is 1. The van der Waals surface area contributed by atoms with Crippen molar-refractivity contribution in [2.24, 2.45) is 11.8 Å². The molecule has 1 fully saturated rings. The van der Waals surface area contributed by atoms with Gasteiger partial charge in [-0.15, -0.1) is 0 Å². The highest BCUT2D eigenvalue weighted by Crippen LogP contribution is 2.39. The fraction of sp³-hybridized carbons (Fsp3) is 0.345. The smallest absolute Gasteiger partial charge is 0.336 e.